The van der Waals surface area contributed by atoms with Crippen LogP contribution in [0, 0.1) is 0 Å². The number of rotatable bonds is 6. The van der Waals surface area contributed by atoms with E-state index < -0.39 is 42.5 Å². The number of aryl methyl sites for hydroxylation is 1. The summed E-state index contributed by atoms with van der Waals surface area (Å²) in [5, 5.41) is 51.3. The molecule has 1 aromatic rings. The summed E-state index contributed by atoms with van der Waals surface area (Å²) in [6, 6.07) is 5.72. The van der Waals surface area contributed by atoms with Gasteiger partial charge in [0.15, 0.2) is 0 Å². The molecule has 1 aliphatic rings. The maximum Gasteiger partial charge on any atom is 0.251 e. The highest BCUT2D eigenvalue weighted by molar-refractivity contribution is 5.94. The SMILES string of the molecule is CCCCCc1ccc(C(=O)NC2[C@@H](O)[C@H](O)C(O)[C@H](O)[C@H]2O)cc1. The predicted molar refractivity (Wildman–Crippen MR) is 91.0 cm³/mol. The number of hydrogen-bond donors (Lipinski definition) is 6. The second-order valence-electron chi connectivity index (χ2n) is 6.61. The summed E-state index contributed by atoms with van der Waals surface area (Å²) in [7, 11) is 0. The molecule has 0 saturated heterocycles. The van der Waals surface area contributed by atoms with Crippen molar-refractivity contribution in [2.24, 2.45) is 0 Å². The average molecular weight is 353 g/mol. The molecule has 1 fully saturated rings. The fourth-order valence-electron chi connectivity index (χ4n) is 3.04. The van der Waals surface area contributed by atoms with Crippen molar-refractivity contribution in [2.75, 3.05) is 0 Å². The van der Waals surface area contributed by atoms with Gasteiger partial charge in [-0.05, 0) is 30.5 Å². The molecule has 140 valence electrons. The Balaban J connectivity index is 2.01. The van der Waals surface area contributed by atoms with E-state index in [4.69, 9.17) is 0 Å². The van der Waals surface area contributed by atoms with E-state index in [0.29, 0.717) is 5.56 Å². The minimum absolute atomic E-state index is 0.341. The molecule has 1 amide bonds. The zero-order valence-corrected chi connectivity index (χ0v) is 14.2. The fourth-order valence-corrected chi connectivity index (χ4v) is 3.04. The first kappa shape index (κ1) is 19.8. The van der Waals surface area contributed by atoms with E-state index in [1.807, 2.05) is 12.1 Å². The number of carbonyl (C=O) groups is 1. The maximum absolute atomic E-state index is 12.3. The van der Waals surface area contributed by atoms with Gasteiger partial charge in [0.25, 0.3) is 5.91 Å². The molecular formula is C18H27NO6. The van der Waals surface area contributed by atoms with Crippen LogP contribution in [0.25, 0.3) is 0 Å². The first-order valence-corrected chi connectivity index (χ1v) is 8.67. The lowest BCUT2D eigenvalue weighted by Crippen LogP contribution is -2.68. The molecular weight excluding hydrogens is 326 g/mol. The molecule has 6 atom stereocenters. The van der Waals surface area contributed by atoms with Crippen LogP contribution in [0.2, 0.25) is 0 Å². The van der Waals surface area contributed by atoms with Crippen LogP contribution >= 0.6 is 0 Å². The highest BCUT2D eigenvalue weighted by Gasteiger charge is 2.48. The van der Waals surface area contributed by atoms with Gasteiger partial charge in [0, 0.05) is 5.56 Å². The van der Waals surface area contributed by atoms with Gasteiger partial charge >= 0.3 is 0 Å². The number of hydrogen-bond acceptors (Lipinski definition) is 6. The van der Waals surface area contributed by atoms with Crippen LogP contribution in [0.5, 0.6) is 0 Å². The van der Waals surface area contributed by atoms with E-state index in [2.05, 4.69) is 12.2 Å². The molecule has 0 aromatic heterocycles. The summed E-state index contributed by atoms with van der Waals surface area (Å²) in [5.41, 5.74) is 1.46. The third-order valence-corrected chi connectivity index (χ3v) is 4.72. The topological polar surface area (TPSA) is 130 Å². The molecule has 1 aromatic carbocycles. The van der Waals surface area contributed by atoms with Crippen molar-refractivity contribution in [1.82, 2.24) is 5.32 Å². The van der Waals surface area contributed by atoms with E-state index in [1.54, 1.807) is 12.1 Å². The normalized spacial score (nSPS) is 32.4. The van der Waals surface area contributed by atoms with Crippen LogP contribution in [0.15, 0.2) is 24.3 Å². The zero-order valence-electron chi connectivity index (χ0n) is 14.2. The molecule has 0 bridgehead atoms. The Morgan fingerprint density at radius 1 is 0.880 bits per heavy atom. The molecule has 2 rings (SSSR count). The summed E-state index contributed by atoms with van der Waals surface area (Å²) in [6.45, 7) is 2.13. The summed E-state index contributed by atoms with van der Waals surface area (Å²) in [5.74, 6) is -0.543. The Kier molecular flexibility index (Phi) is 6.92. The van der Waals surface area contributed by atoms with Crippen molar-refractivity contribution < 1.29 is 30.3 Å². The number of carbonyl (C=O) groups excluding carboxylic acids is 1. The lowest BCUT2D eigenvalue weighted by molar-refractivity contribution is -0.188. The molecule has 7 nitrogen and oxygen atoms in total. The second kappa shape index (κ2) is 8.73. The fraction of sp³-hybridized carbons (Fsp3) is 0.611. The smallest absolute Gasteiger partial charge is 0.251 e. The van der Waals surface area contributed by atoms with Gasteiger partial charge in [0.2, 0.25) is 0 Å². The number of unbranched alkanes of at least 4 members (excludes halogenated alkanes) is 2. The van der Waals surface area contributed by atoms with Gasteiger partial charge in [-0.15, -0.1) is 0 Å². The lowest BCUT2D eigenvalue weighted by atomic mass is 9.83. The van der Waals surface area contributed by atoms with E-state index in [0.717, 1.165) is 31.2 Å². The molecule has 0 aliphatic heterocycles. The van der Waals surface area contributed by atoms with E-state index >= 15 is 0 Å². The highest BCUT2D eigenvalue weighted by Crippen LogP contribution is 2.22. The molecule has 0 radical (unpaired) electrons. The number of aliphatic hydroxyl groups excluding tert-OH is 5. The Hall–Kier alpha value is -1.51. The Labute approximate surface area is 146 Å². The minimum atomic E-state index is -1.68. The van der Waals surface area contributed by atoms with Crippen molar-refractivity contribution in [3.63, 3.8) is 0 Å². The first-order valence-electron chi connectivity index (χ1n) is 8.67. The van der Waals surface area contributed by atoms with Crippen LogP contribution in [0.1, 0.15) is 42.1 Å². The maximum atomic E-state index is 12.3. The summed E-state index contributed by atoms with van der Waals surface area (Å²) >= 11 is 0. The third-order valence-electron chi connectivity index (χ3n) is 4.72. The van der Waals surface area contributed by atoms with Gasteiger partial charge in [0.1, 0.15) is 30.5 Å². The first-order chi connectivity index (χ1) is 11.9. The van der Waals surface area contributed by atoms with Crippen LogP contribution in [-0.4, -0.2) is 68.0 Å². The Bertz CT molecular complexity index is 547. The monoisotopic (exact) mass is 353 g/mol. The van der Waals surface area contributed by atoms with E-state index in [-0.39, 0.29) is 0 Å². The number of benzene rings is 1. The summed E-state index contributed by atoms with van der Waals surface area (Å²) in [6.07, 6.45) is -3.88. The largest absolute Gasteiger partial charge is 0.388 e. The number of nitrogens with one attached hydrogen (secondary N) is 1. The van der Waals surface area contributed by atoms with Gasteiger partial charge in [-0.2, -0.15) is 0 Å². The van der Waals surface area contributed by atoms with E-state index in [1.165, 1.54) is 0 Å². The van der Waals surface area contributed by atoms with Gasteiger partial charge in [0.05, 0.1) is 6.04 Å². The van der Waals surface area contributed by atoms with Gasteiger partial charge in [-0.3, -0.25) is 4.79 Å². The number of amides is 1. The lowest BCUT2D eigenvalue weighted by Gasteiger charge is -2.42. The molecule has 0 spiro atoms. The summed E-state index contributed by atoms with van der Waals surface area (Å²) < 4.78 is 0. The van der Waals surface area contributed by atoms with Crippen molar-refractivity contribution in [3.05, 3.63) is 35.4 Å². The molecule has 7 heteroatoms. The molecule has 2 unspecified atom stereocenters. The molecule has 0 heterocycles. The van der Waals surface area contributed by atoms with Gasteiger partial charge < -0.3 is 30.8 Å². The molecule has 6 N–H and O–H groups in total. The zero-order chi connectivity index (χ0) is 18.6. The standard InChI is InChI=1S/C18H27NO6/c1-2-3-4-5-10-6-8-11(9-7-10)18(25)19-12-13(20)15(22)17(24)16(23)14(12)21/h6-9,12-17,20-24H,2-5H2,1H3,(H,19,25)/t12?,13-,14+,15+,16-,17?. The van der Waals surface area contributed by atoms with Crippen molar-refractivity contribution in [1.29, 1.82) is 0 Å². The Morgan fingerprint density at radius 2 is 1.40 bits per heavy atom. The Morgan fingerprint density at radius 3 is 1.92 bits per heavy atom. The highest BCUT2D eigenvalue weighted by atomic mass is 16.4. The van der Waals surface area contributed by atoms with E-state index in [9.17, 15) is 30.3 Å². The average Bonchev–Trinajstić information content (AvgIpc) is 2.62. The molecule has 1 saturated carbocycles. The predicted octanol–water partition coefficient (Wildman–Crippen LogP) is -0.664. The van der Waals surface area contributed by atoms with Crippen LogP contribution in [0.4, 0.5) is 0 Å². The molecule has 25 heavy (non-hydrogen) atoms. The van der Waals surface area contributed by atoms with Crippen LogP contribution in [-0.2, 0) is 6.42 Å². The van der Waals surface area contributed by atoms with Crippen molar-refractivity contribution in [2.45, 2.75) is 69.2 Å². The van der Waals surface area contributed by atoms with Gasteiger partial charge in [-0.25, -0.2) is 0 Å². The molecule has 1 aliphatic carbocycles. The summed E-state index contributed by atoms with van der Waals surface area (Å²) in [4.78, 5) is 12.3. The third kappa shape index (κ3) is 4.56. The van der Waals surface area contributed by atoms with Gasteiger partial charge in [-0.1, -0.05) is 31.9 Å². The quantitative estimate of drug-likeness (QED) is 0.376. The van der Waals surface area contributed by atoms with Crippen LogP contribution in [0.3, 0.4) is 0 Å². The minimum Gasteiger partial charge on any atom is -0.388 e. The second-order valence-corrected chi connectivity index (χ2v) is 6.61. The van der Waals surface area contributed by atoms with Crippen LogP contribution < -0.4 is 5.32 Å². The van der Waals surface area contributed by atoms with Crippen molar-refractivity contribution in [3.8, 4) is 0 Å². The number of aliphatic hydroxyl groups is 5. The van der Waals surface area contributed by atoms with Crippen molar-refractivity contribution >= 4 is 5.91 Å².